The lowest BCUT2D eigenvalue weighted by Crippen LogP contribution is -2.37. The molecule has 0 saturated carbocycles. The van der Waals surface area contributed by atoms with Crippen molar-refractivity contribution in [2.45, 2.75) is 31.4 Å². The van der Waals surface area contributed by atoms with Crippen molar-refractivity contribution in [3.05, 3.63) is 93.0 Å². The summed E-state index contributed by atoms with van der Waals surface area (Å²) in [5.74, 6) is -0.0341. The van der Waals surface area contributed by atoms with Crippen LogP contribution in [0.4, 0.5) is 0 Å². The Morgan fingerprint density at radius 2 is 1.73 bits per heavy atom. The van der Waals surface area contributed by atoms with E-state index in [2.05, 4.69) is 11.4 Å². The van der Waals surface area contributed by atoms with Crippen LogP contribution < -0.4 is 10.1 Å². The van der Waals surface area contributed by atoms with Gasteiger partial charge in [-0.1, -0.05) is 41.4 Å². The molecule has 0 heterocycles. The number of benzene rings is 3. The smallest absolute Gasteiger partial charge is 0.337 e. The summed E-state index contributed by atoms with van der Waals surface area (Å²) in [5.41, 5.74) is 3.29. The van der Waals surface area contributed by atoms with Gasteiger partial charge in [-0.25, -0.2) is 4.79 Å². The quantitative estimate of drug-likeness (QED) is 0.360. The van der Waals surface area contributed by atoms with Gasteiger partial charge >= 0.3 is 5.97 Å². The number of aromatic carboxylic acids is 1. The number of rotatable bonds is 7. The van der Waals surface area contributed by atoms with Crippen molar-refractivity contribution in [2.75, 3.05) is 6.54 Å². The number of carboxylic acid groups (broad SMARTS) is 1. The number of carboxylic acids is 1. The highest BCUT2D eigenvalue weighted by molar-refractivity contribution is 6.33. The maximum absolute atomic E-state index is 11.3. The second-order valence-electron chi connectivity index (χ2n) is 7.89. The van der Waals surface area contributed by atoms with E-state index < -0.39 is 12.1 Å². The van der Waals surface area contributed by atoms with E-state index in [1.165, 1.54) is 23.3 Å². The zero-order chi connectivity index (χ0) is 22.7. The number of aliphatic hydroxyl groups excluding tert-OH is 1. The molecule has 0 saturated heterocycles. The first-order chi connectivity index (χ1) is 15.4. The number of nitrogens with one attached hydrogen (secondary N) is 1. The van der Waals surface area contributed by atoms with Crippen LogP contribution in [0.5, 0.6) is 11.5 Å². The molecule has 1 aliphatic carbocycles. The molecular weight excluding hydrogens is 485 g/mol. The predicted octanol–water partition coefficient (Wildman–Crippen LogP) is 6.09. The molecule has 0 amide bonds. The molecule has 0 bridgehead atoms. The van der Waals surface area contributed by atoms with Gasteiger partial charge in [0.15, 0.2) is 0 Å². The molecule has 2 atom stereocenters. The largest absolute Gasteiger partial charge is 0.478 e. The van der Waals surface area contributed by atoms with Crippen LogP contribution in [-0.4, -0.2) is 28.8 Å². The van der Waals surface area contributed by atoms with Crippen molar-refractivity contribution < 1.29 is 19.7 Å². The van der Waals surface area contributed by atoms with Gasteiger partial charge in [-0.2, -0.15) is 0 Å². The van der Waals surface area contributed by atoms with Crippen molar-refractivity contribution in [2.24, 2.45) is 0 Å². The molecule has 8 heteroatoms. The fourth-order valence-electron chi connectivity index (χ4n) is 3.92. The Morgan fingerprint density at radius 3 is 2.45 bits per heavy atom. The summed E-state index contributed by atoms with van der Waals surface area (Å²) in [4.78, 5) is 11.3. The Morgan fingerprint density at radius 1 is 1.03 bits per heavy atom. The Balaban J connectivity index is 0.00000306. The lowest BCUT2D eigenvalue weighted by atomic mass is 9.88. The Bertz CT molecular complexity index is 1120. The minimum atomic E-state index is -1.10. The lowest BCUT2D eigenvalue weighted by Gasteiger charge is -2.27. The monoisotopic (exact) mass is 507 g/mol. The van der Waals surface area contributed by atoms with Crippen molar-refractivity contribution in [3.8, 4) is 11.5 Å². The van der Waals surface area contributed by atoms with Crippen LogP contribution in [-0.2, 0) is 12.8 Å². The first kappa shape index (κ1) is 25.3. The molecule has 3 aromatic carbocycles. The van der Waals surface area contributed by atoms with Crippen molar-refractivity contribution >= 4 is 41.6 Å². The van der Waals surface area contributed by atoms with E-state index in [1.54, 1.807) is 18.2 Å². The maximum Gasteiger partial charge on any atom is 0.337 e. The molecule has 0 aromatic heterocycles. The van der Waals surface area contributed by atoms with E-state index >= 15 is 0 Å². The van der Waals surface area contributed by atoms with E-state index in [1.807, 2.05) is 24.3 Å². The molecule has 174 valence electrons. The molecule has 0 unspecified atom stereocenters. The van der Waals surface area contributed by atoms with Crippen LogP contribution in [0.2, 0.25) is 10.0 Å². The van der Waals surface area contributed by atoms with Gasteiger partial charge in [0, 0.05) is 17.6 Å². The fraction of sp³-hybridized carbons (Fsp3) is 0.240. The first-order valence-corrected chi connectivity index (χ1v) is 11.1. The van der Waals surface area contributed by atoms with Crippen molar-refractivity contribution in [3.63, 3.8) is 0 Å². The van der Waals surface area contributed by atoms with Crippen LogP contribution in [0.25, 0.3) is 0 Å². The van der Waals surface area contributed by atoms with Gasteiger partial charge in [-0.05, 0) is 78.4 Å². The third-order valence-electron chi connectivity index (χ3n) is 5.66. The Labute approximate surface area is 208 Å². The molecule has 1 aliphatic rings. The van der Waals surface area contributed by atoms with Gasteiger partial charge in [-0.3, -0.25) is 0 Å². The number of fused-ring (bicyclic) bond motifs is 1. The topological polar surface area (TPSA) is 78.8 Å². The molecule has 5 nitrogen and oxygen atoms in total. The average molecular weight is 509 g/mol. The minimum absolute atomic E-state index is 0. The number of carbonyl (C=O) groups is 1. The summed E-state index contributed by atoms with van der Waals surface area (Å²) >= 11 is 11.9. The highest BCUT2D eigenvalue weighted by atomic mass is 35.5. The predicted molar refractivity (Wildman–Crippen MR) is 132 cm³/mol. The van der Waals surface area contributed by atoms with Crippen LogP contribution in [0.3, 0.4) is 0 Å². The molecule has 0 aliphatic heterocycles. The standard InChI is InChI=1S/C25H23Cl2NO4.ClH/c26-18-5-1-16(2-6-18)24(29)14-28-19-7-3-15-4-8-20(12-17(15)11-19)32-21-9-10-23(27)22(13-21)25(30)31;/h1-2,4-6,8-10,12-13,19,24,28-29H,3,7,11,14H2,(H,30,31);1H/t19-,24+;/m0./s1. The molecule has 4 rings (SSSR count). The molecule has 0 fully saturated rings. The second kappa shape index (κ2) is 11.2. The van der Waals surface area contributed by atoms with Crippen LogP contribution >= 0.6 is 35.6 Å². The van der Waals surface area contributed by atoms with Crippen LogP contribution in [0, 0.1) is 0 Å². The summed E-state index contributed by atoms with van der Waals surface area (Å²) in [6.45, 7) is 0.459. The van der Waals surface area contributed by atoms with Gasteiger partial charge in [-0.15, -0.1) is 12.4 Å². The summed E-state index contributed by atoms with van der Waals surface area (Å²) in [6.07, 6.45) is 2.14. The van der Waals surface area contributed by atoms with Crippen molar-refractivity contribution in [1.29, 1.82) is 0 Å². The van der Waals surface area contributed by atoms with E-state index in [0.717, 1.165) is 24.8 Å². The van der Waals surface area contributed by atoms with Gasteiger partial charge in [0.2, 0.25) is 0 Å². The molecule has 3 aromatic rings. The third kappa shape index (κ3) is 6.40. The van der Waals surface area contributed by atoms with E-state index in [-0.39, 0.29) is 29.0 Å². The van der Waals surface area contributed by atoms with E-state index in [9.17, 15) is 15.0 Å². The fourth-order valence-corrected chi connectivity index (χ4v) is 4.24. The zero-order valence-electron chi connectivity index (χ0n) is 17.6. The molecule has 3 N–H and O–H groups in total. The van der Waals surface area contributed by atoms with Crippen LogP contribution in [0.15, 0.2) is 60.7 Å². The Hall–Kier alpha value is -2.28. The summed E-state index contributed by atoms with van der Waals surface area (Å²) < 4.78 is 5.90. The molecular formula is C25H24Cl3NO4. The zero-order valence-corrected chi connectivity index (χ0v) is 20.0. The second-order valence-corrected chi connectivity index (χ2v) is 8.74. The average Bonchev–Trinajstić information content (AvgIpc) is 2.78. The van der Waals surface area contributed by atoms with E-state index in [4.69, 9.17) is 27.9 Å². The Kier molecular flexibility index (Phi) is 8.63. The minimum Gasteiger partial charge on any atom is -0.478 e. The van der Waals surface area contributed by atoms with Crippen molar-refractivity contribution in [1.82, 2.24) is 5.32 Å². The van der Waals surface area contributed by atoms with Gasteiger partial charge in [0.25, 0.3) is 0 Å². The SMILES string of the molecule is Cl.O=C(O)c1cc(Oc2ccc3c(c2)C[C@@H](NC[C@@H](O)c2ccc(Cl)cc2)CC3)ccc1Cl. The van der Waals surface area contributed by atoms with E-state index in [0.29, 0.717) is 23.1 Å². The maximum atomic E-state index is 11.3. The van der Waals surface area contributed by atoms with Gasteiger partial charge in [0.05, 0.1) is 16.7 Å². The highest BCUT2D eigenvalue weighted by Gasteiger charge is 2.20. The number of ether oxygens (including phenoxy) is 1. The number of aryl methyl sites for hydroxylation is 1. The summed E-state index contributed by atoms with van der Waals surface area (Å²) in [6, 6.07) is 18.0. The molecule has 33 heavy (non-hydrogen) atoms. The first-order valence-electron chi connectivity index (χ1n) is 10.4. The normalized spacial score (nSPS) is 15.8. The number of hydrogen-bond acceptors (Lipinski definition) is 4. The number of halogens is 3. The van der Waals surface area contributed by atoms with Gasteiger partial charge in [0.1, 0.15) is 11.5 Å². The number of hydrogen-bond donors (Lipinski definition) is 3. The third-order valence-corrected chi connectivity index (χ3v) is 6.25. The molecule has 0 radical (unpaired) electrons. The number of aliphatic hydroxyl groups is 1. The highest BCUT2D eigenvalue weighted by Crippen LogP contribution is 2.30. The molecule has 0 spiro atoms. The van der Waals surface area contributed by atoms with Crippen LogP contribution in [0.1, 0.15) is 39.6 Å². The summed E-state index contributed by atoms with van der Waals surface area (Å²) in [7, 11) is 0. The van der Waals surface area contributed by atoms with Gasteiger partial charge < -0.3 is 20.3 Å². The summed E-state index contributed by atoms with van der Waals surface area (Å²) in [5, 5.41) is 24.0. The lowest BCUT2D eigenvalue weighted by molar-refractivity contribution is 0.0696.